The summed E-state index contributed by atoms with van der Waals surface area (Å²) >= 11 is 0. The first-order chi connectivity index (χ1) is 14.3. The van der Waals surface area contributed by atoms with Crippen molar-refractivity contribution in [1.82, 2.24) is 25.5 Å². The van der Waals surface area contributed by atoms with E-state index in [1.54, 1.807) is 38.4 Å². The maximum atomic E-state index is 12.1. The number of hydrogen-bond acceptors (Lipinski definition) is 8. The van der Waals surface area contributed by atoms with Gasteiger partial charge in [0, 0.05) is 30.9 Å². The van der Waals surface area contributed by atoms with Gasteiger partial charge in [-0.05, 0) is 46.7 Å². The number of tetrazole rings is 1. The predicted octanol–water partition coefficient (Wildman–Crippen LogP) is 0.529. The number of Topliss-reactive ketones (excluding diaryl/α,β-unsaturated/α-hetero) is 2. The van der Waals surface area contributed by atoms with Gasteiger partial charge < -0.3 is 15.3 Å². The zero-order chi connectivity index (χ0) is 21.4. The number of carbonyl (C=O) groups excluding carboxylic acids is 3. The second-order valence-corrected chi connectivity index (χ2v) is 7.11. The summed E-state index contributed by atoms with van der Waals surface area (Å²) in [6, 6.07) is 11.4. The summed E-state index contributed by atoms with van der Waals surface area (Å²) in [6.07, 6.45) is -1.37. The van der Waals surface area contributed by atoms with E-state index in [9.17, 15) is 19.5 Å². The molecule has 30 heavy (non-hydrogen) atoms. The van der Waals surface area contributed by atoms with Crippen LogP contribution in [0.4, 0.5) is 5.69 Å². The van der Waals surface area contributed by atoms with E-state index in [1.165, 1.54) is 4.90 Å². The minimum Gasteiger partial charge on any atom is -0.382 e. The SMILES string of the molecule is CN(C)C(=O)c1ccc(-c2cc(NC3C(=O)C(=O)C3O)cc(-c3nn[nH]n3)c2)cc1. The normalized spacial score (nSPS) is 18.1. The number of aliphatic hydroxyl groups is 1. The van der Waals surface area contributed by atoms with E-state index in [0.717, 1.165) is 11.1 Å². The molecule has 0 aliphatic heterocycles. The van der Waals surface area contributed by atoms with Gasteiger partial charge >= 0.3 is 0 Å². The van der Waals surface area contributed by atoms with Gasteiger partial charge in [0.2, 0.25) is 17.4 Å². The van der Waals surface area contributed by atoms with Crippen LogP contribution in [-0.2, 0) is 9.59 Å². The third-order valence-electron chi connectivity index (χ3n) is 4.84. The fourth-order valence-corrected chi connectivity index (χ4v) is 3.18. The van der Waals surface area contributed by atoms with Crippen molar-refractivity contribution in [3.05, 3.63) is 48.0 Å². The molecule has 2 unspecified atom stereocenters. The predicted molar refractivity (Wildman–Crippen MR) is 106 cm³/mol. The number of amides is 1. The molecule has 1 aliphatic carbocycles. The number of aromatic amines is 1. The van der Waals surface area contributed by atoms with Gasteiger partial charge in [0.25, 0.3) is 5.91 Å². The van der Waals surface area contributed by atoms with E-state index in [-0.39, 0.29) is 5.91 Å². The quantitative estimate of drug-likeness (QED) is 0.521. The summed E-state index contributed by atoms with van der Waals surface area (Å²) in [5.41, 5.74) is 3.25. The van der Waals surface area contributed by atoms with Gasteiger partial charge in [-0.2, -0.15) is 5.21 Å². The number of hydrogen-bond donors (Lipinski definition) is 3. The molecule has 152 valence electrons. The fourth-order valence-electron chi connectivity index (χ4n) is 3.18. The molecule has 0 bridgehead atoms. The lowest BCUT2D eigenvalue weighted by Crippen LogP contribution is -2.61. The van der Waals surface area contributed by atoms with Crippen LogP contribution in [0.5, 0.6) is 0 Å². The number of ketones is 2. The molecule has 1 aliphatic rings. The lowest BCUT2D eigenvalue weighted by molar-refractivity contribution is -0.152. The third kappa shape index (κ3) is 3.44. The van der Waals surface area contributed by atoms with Crippen molar-refractivity contribution in [3.8, 4) is 22.5 Å². The van der Waals surface area contributed by atoms with E-state index in [1.807, 2.05) is 18.2 Å². The van der Waals surface area contributed by atoms with E-state index >= 15 is 0 Å². The van der Waals surface area contributed by atoms with E-state index in [0.29, 0.717) is 22.6 Å². The number of aromatic nitrogens is 4. The molecule has 1 aromatic heterocycles. The number of anilines is 1. The first-order valence-electron chi connectivity index (χ1n) is 9.09. The van der Waals surface area contributed by atoms with Gasteiger partial charge in [-0.3, -0.25) is 14.4 Å². The Hall–Kier alpha value is -3.92. The first kappa shape index (κ1) is 19.4. The molecule has 0 saturated heterocycles. The smallest absolute Gasteiger partial charge is 0.253 e. The largest absolute Gasteiger partial charge is 0.382 e. The van der Waals surface area contributed by atoms with Crippen LogP contribution >= 0.6 is 0 Å². The second-order valence-electron chi connectivity index (χ2n) is 7.11. The van der Waals surface area contributed by atoms with Gasteiger partial charge in [-0.1, -0.05) is 12.1 Å². The average molecular weight is 406 g/mol. The number of nitrogens with one attached hydrogen (secondary N) is 2. The summed E-state index contributed by atoms with van der Waals surface area (Å²) in [6.45, 7) is 0. The van der Waals surface area contributed by atoms with Crippen molar-refractivity contribution in [2.24, 2.45) is 0 Å². The Morgan fingerprint density at radius 2 is 1.73 bits per heavy atom. The fraction of sp³-hybridized carbons (Fsp3) is 0.200. The monoisotopic (exact) mass is 406 g/mol. The van der Waals surface area contributed by atoms with Crippen LogP contribution < -0.4 is 5.32 Å². The molecule has 3 aromatic rings. The molecule has 2 atom stereocenters. The average Bonchev–Trinajstić information content (AvgIpc) is 3.31. The van der Waals surface area contributed by atoms with Crippen LogP contribution in [-0.4, -0.2) is 74.3 Å². The Bertz CT molecular complexity index is 1120. The highest BCUT2D eigenvalue weighted by atomic mass is 16.3. The lowest BCUT2D eigenvalue weighted by Gasteiger charge is -2.30. The second kappa shape index (κ2) is 7.48. The first-order valence-corrected chi connectivity index (χ1v) is 9.09. The molecule has 1 amide bonds. The van der Waals surface area contributed by atoms with Gasteiger partial charge in [-0.25, -0.2) is 0 Å². The van der Waals surface area contributed by atoms with Crippen LogP contribution in [0.2, 0.25) is 0 Å². The van der Waals surface area contributed by atoms with Crippen molar-refractivity contribution in [3.63, 3.8) is 0 Å². The van der Waals surface area contributed by atoms with Crippen LogP contribution in [0.25, 0.3) is 22.5 Å². The zero-order valence-corrected chi connectivity index (χ0v) is 16.2. The van der Waals surface area contributed by atoms with Gasteiger partial charge in [0.15, 0.2) is 0 Å². The minimum absolute atomic E-state index is 0.105. The number of aliphatic hydroxyl groups excluding tert-OH is 1. The topological polar surface area (TPSA) is 141 Å². The Labute approximate surface area is 170 Å². The molecular formula is C20H18N6O4. The number of H-pyrrole nitrogens is 1. The highest BCUT2D eigenvalue weighted by molar-refractivity contribution is 6.49. The van der Waals surface area contributed by atoms with E-state index in [4.69, 9.17) is 0 Å². The highest BCUT2D eigenvalue weighted by Gasteiger charge is 2.48. The zero-order valence-electron chi connectivity index (χ0n) is 16.2. The summed E-state index contributed by atoms with van der Waals surface area (Å²) in [4.78, 5) is 36.7. The Morgan fingerprint density at radius 3 is 2.33 bits per heavy atom. The number of nitrogens with zero attached hydrogens (tertiary/aromatic N) is 4. The van der Waals surface area contributed by atoms with Gasteiger partial charge in [0.1, 0.15) is 12.1 Å². The van der Waals surface area contributed by atoms with Crippen molar-refractivity contribution < 1.29 is 19.5 Å². The van der Waals surface area contributed by atoms with Gasteiger partial charge in [-0.15, -0.1) is 10.2 Å². The van der Waals surface area contributed by atoms with Crippen LogP contribution in [0.15, 0.2) is 42.5 Å². The molecule has 10 heteroatoms. The lowest BCUT2D eigenvalue weighted by atomic mass is 9.85. The van der Waals surface area contributed by atoms with Crippen LogP contribution in [0.3, 0.4) is 0 Å². The third-order valence-corrected chi connectivity index (χ3v) is 4.84. The van der Waals surface area contributed by atoms with Crippen molar-refractivity contribution >= 4 is 23.2 Å². The summed E-state index contributed by atoms with van der Waals surface area (Å²) in [5, 5.41) is 26.6. The highest BCUT2D eigenvalue weighted by Crippen LogP contribution is 2.30. The molecular weight excluding hydrogens is 388 g/mol. The summed E-state index contributed by atoms with van der Waals surface area (Å²) < 4.78 is 0. The molecule has 2 aromatic carbocycles. The van der Waals surface area contributed by atoms with E-state index in [2.05, 4.69) is 25.9 Å². The molecule has 0 spiro atoms. The molecule has 1 fully saturated rings. The number of carbonyl (C=O) groups is 3. The molecule has 3 N–H and O–H groups in total. The van der Waals surface area contributed by atoms with Crippen LogP contribution in [0, 0.1) is 0 Å². The summed E-state index contributed by atoms with van der Waals surface area (Å²) in [5.74, 6) is -1.23. The Kier molecular flexibility index (Phi) is 4.84. The standard InChI is InChI=1S/C20H18N6O4/c1-26(2)20(30)11-5-3-10(4-6-11)12-7-13(19-22-24-25-23-19)9-14(8-12)21-15-16(27)18(29)17(15)28/h3-9,15-16,21,27H,1-2H3,(H,22,23,24,25). The molecule has 10 nitrogen and oxygen atoms in total. The van der Waals surface area contributed by atoms with Crippen molar-refractivity contribution in [1.29, 1.82) is 0 Å². The maximum absolute atomic E-state index is 12.1. The Morgan fingerprint density at radius 1 is 1.03 bits per heavy atom. The van der Waals surface area contributed by atoms with Crippen LogP contribution in [0.1, 0.15) is 10.4 Å². The van der Waals surface area contributed by atoms with Crippen molar-refractivity contribution in [2.75, 3.05) is 19.4 Å². The Balaban J connectivity index is 1.70. The number of rotatable bonds is 5. The summed E-state index contributed by atoms with van der Waals surface area (Å²) in [7, 11) is 3.37. The molecule has 1 saturated carbocycles. The van der Waals surface area contributed by atoms with E-state index < -0.39 is 23.7 Å². The number of benzene rings is 2. The molecule has 0 radical (unpaired) electrons. The van der Waals surface area contributed by atoms with Gasteiger partial charge in [0.05, 0.1) is 0 Å². The molecule has 1 heterocycles. The maximum Gasteiger partial charge on any atom is 0.253 e. The minimum atomic E-state index is -1.37. The van der Waals surface area contributed by atoms with Crippen molar-refractivity contribution in [2.45, 2.75) is 12.1 Å². The molecule has 4 rings (SSSR count).